The zero-order valence-electron chi connectivity index (χ0n) is 11.4. The molecule has 0 unspecified atom stereocenters. The molecule has 1 aromatic heterocycles. The van der Waals surface area contributed by atoms with Crippen molar-refractivity contribution in [3.63, 3.8) is 0 Å². The van der Waals surface area contributed by atoms with E-state index in [-0.39, 0.29) is 17.4 Å². The number of carbonyl (C=O) groups excluding carboxylic acids is 1. The fourth-order valence-electron chi connectivity index (χ4n) is 2.49. The van der Waals surface area contributed by atoms with Gasteiger partial charge in [0.15, 0.2) is 6.29 Å². The second-order valence-electron chi connectivity index (χ2n) is 5.63. The van der Waals surface area contributed by atoms with Gasteiger partial charge in [0.1, 0.15) is 9.84 Å². The maximum Gasteiger partial charge on any atom is 0.153 e. The Kier molecular flexibility index (Phi) is 4.08. The van der Waals surface area contributed by atoms with Gasteiger partial charge in [0.05, 0.1) is 22.8 Å². The third-order valence-corrected chi connectivity index (χ3v) is 5.16. The van der Waals surface area contributed by atoms with Gasteiger partial charge >= 0.3 is 0 Å². The summed E-state index contributed by atoms with van der Waals surface area (Å²) in [6, 6.07) is 0. The Labute approximate surface area is 113 Å². The standard InChI is InChI=1S/C13H20N2O3S/c1-10(2)7-15-8-12(9-16)13(14-15)11-3-5-19(17,18)6-4-11/h8-11H,3-7H2,1-2H3. The molecule has 1 aliphatic heterocycles. The molecule has 0 bridgehead atoms. The van der Waals surface area contributed by atoms with Crippen molar-refractivity contribution in [2.75, 3.05) is 11.5 Å². The molecule has 0 saturated carbocycles. The highest BCUT2D eigenvalue weighted by Crippen LogP contribution is 2.29. The normalized spacial score (nSPS) is 19.7. The fourth-order valence-corrected chi connectivity index (χ4v) is 3.98. The molecule has 19 heavy (non-hydrogen) atoms. The van der Waals surface area contributed by atoms with Gasteiger partial charge in [-0.2, -0.15) is 5.10 Å². The van der Waals surface area contributed by atoms with Crippen LogP contribution < -0.4 is 0 Å². The van der Waals surface area contributed by atoms with Crippen LogP contribution in [0.5, 0.6) is 0 Å². The van der Waals surface area contributed by atoms with Crippen LogP contribution in [0.2, 0.25) is 0 Å². The van der Waals surface area contributed by atoms with Gasteiger partial charge in [-0.25, -0.2) is 8.42 Å². The lowest BCUT2D eigenvalue weighted by molar-refractivity contribution is 0.112. The van der Waals surface area contributed by atoms with Crippen molar-refractivity contribution in [1.29, 1.82) is 0 Å². The molecule has 0 aliphatic carbocycles. The minimum Gasteiger partial charge on any atom is -0.298 e. The van der Waals surface area contributed by atoms with Crippen molar-refractivity contribution < 1.29 is 13.2 Å². The van der Waals surface area contributed by atoms with Crippen LogP contribution in [-0.2, 0) is 16.4 Å². The summed E-state index contributed by atoms with van der Waals surface area (Å²) >= 11 is 0. The second kappa shape index (κ2) is 5.45. The Morgan fingerprint density at radius 1 is 1.42 bits per heavy atom. The number of hydrogen-bond donors (Lipinski definition) is 0. The molecular weight excluding hydrogens is 264 g/mol. The molecule has 0 amide bonds. The zero-order valence-corrected chi connectivity index (χ0v) is 12.2. The quantitative estimate of drug-likeness (QED) is 0.788. The van der Waals surface area contributed by atoms with E-state index >= 15 is 0 Å². The average Bonchev–Trinajstić information content (AvgIpc) is 2.71. The molecule has 2 rings (SSSR count). The van der Waals surface area contributed by atoms with Crippen LogP contribution in [0.3, 0.4) is 0 Å². The van der Waals surface area contributed by atoms with Gasteiger partial charge < -0.3 is 0 Å². The first-order chi connectivity index (χ1) is 8.91. The Morgan fingerprint density at radius 2 is 2.05 bits per heavy atom. The molecule has 2 heterocycles. The average molecular weight is 284 g/mol. The monoisotopic (exact) mass is 284 g/mol. The van der Waals surface area contributed by atoms with E-state index in [9.17, 15) is 13.2 Å². The number of aromatic nitrogens is 2. The Hall–Kier alpha value is -1.17. The van der Waals surface area contributed by atoms with Crippen LogP contribution in [0, 0.1) is 5.92 Å². The molecule has 1 fully saturated rings. The van der Waals surface area contributed by atoms with E-state index < -0.39 is 9.84 Å². The van der Waals surface area contributed by atoms with Crippen molar-refractivity contribution >= 4 is 16.1 Å². The van der Waals surface area contributed by atoms with Crippen molar-refractivity contribution in [2.45, 2.75) is 39.2 Å². The molecule has 0 N–H and O–H groups in total. The summed E-state index contributed by atoms with van der Waals surface area (Å²) in [4.78, 5) is 11.1. The van der Waals surface area contributed by atoms with Gasteiger partial charge in [-0.1, -0.05) is 13.8 Å². The smallest absolute Gasteiger partial charge is 0.153 e. The number of nitrogens with zero attached hydrogens (tertiary/aromatic N) is 2. The highest BCUT2D eigenvalue weighted by molar-refractivity contribution is 7.91. The second-order valence-corrected chi connectivity index (χ2v) is 7.93. The molecule has 1 aliphatic rings. The summed E-state index contributed by atoms with van der Waals surface area (Å²) in [6.07, 6.45) is 3.73. The van der Waals surface area contributed by atoms with Crippen LogP contribution in [-0.4, -0.2) is 36.0 Å². The maximum absolute atomic E-state index is 11.4. The molecular formula is C13H20N2O3S. The summed E-state index contributed by atoms with van der Waals surface area (Å²) in [7, 11) is -2.88. The summed E-state index contributed by atoms with van der Waals surface area (Å²) in [6.45, 7) is 4.95. The number of carbonyl (C=O) groups is 1. The van der Waals surface area contributed by atoms with E-state index in [1.54, 1.807) is 10.9 Å². The number of sulfone groups is 1. The third kappa shape index (κ3) is 3.43. The summed E-state index contributed by atoms with van der Waals surface area (Å²) in [5, 5.41) is 4.48. The molecule has 0 spiro atoms. The predicted octanol–water partition coefficient (Wildman–Crippen LogP) is 1.64. The van der Waals surface area contributed by atoms with E-state index in [4.69, 9.17) is 0 Å². The van der Waals surface area contributed by atoms with Crippen LogP contribution in [0.4, 0.5) is 0 Å². The van der Waals surface area contributed by atoms with E-state index in [2.05, 4.69) is 18.9 Å². The largest absolute Gasteiger partial charge is 0.298 e. The summed E-state index contributed by atoms with van der Waals surface area (Å²) < 4.78 is 24.7. The number of hydrogen-bond acceptors (Lipinski definition) is 4. The van der Waals surface area contributed by atoms with Gasteiger partial charge in [0, 0.05) is 18.7 Å². The fraction of sp³-hybridized carbons (Fsp3) is 0.692. The molecule has 5 nitrogen and oxygen atoms in total. The Balaban J connectivity index is 2.19. The first kappa shape index (κ1) is 14.2. The molecule has 6 heteroatoms. The topological polar surface area (TPSA) is 69.0 Å². The first-order valence-electron chi connectivity index (χ1n) is 6.64. The summed E-state index contributed by atoms with van der Waals surface area (Å²) in [5.41, 5.74) is 1.37. The molecule has 0 aromatic carbocycles. The first-order valence-corrected chi connectivity index (χ1v) is 8.46. The summed E-state index contributed by atoms with van der Waals surface area (Å²) in [5.74, 6) is 0.955. The van der Waals surface area contributed by atoms with Gasteiger partial charge in [0.2, 0.25) is 0 Å². The Morgan fingerprint density at radius 3 is 2.58 bits per heavy atom. The number of aldehydes is 1. The highest BCUT2D eigenvalue weighted by Gasteiger charge is 2.28. The molecule has 1 aromatic rings. The predicted molar refractivity (Wildman–Crippen MR) is 73.1 cm³/mol. The van der Waals surface area contributed by atoms with Crippen LogP contribution in [0.1, 0.15) is 48.7 Å². The lowest BCUT2D eigenvalue weighted by Gasteiger charge is -2.20. The van der Waals surface area contributed by atoms with Crippen molar-refractivity contribution in [1.82, 2.24) is 9.78 Å². The highest BCUT2D eigenvalue weighted by atomic mass is 32.2. The molecule has 106 valence electrons. The zero-order chi connectivity index (χ0) is 14.0. The Bertz CT molecular complexity index is 546. The lowest BCUT2D eigenvalue weighted by atomic mass is 9.96. The van der Waals surface area contributed by atoms with E-state index in [0.29, 0.717) is 24.3 Å². The molecule has 0 radical (unpaired) electrons. The van der Waals surface area contributed by atoms with Gasteiger partial charge in [-0.05, 0) is 18.8 Å². The minimum absolute atomic E-state index is 0.0946. The van der Waals surface area contributed by atoms with Gasteiger partial charge in [0.25, 0.3) is 0 Å². The van der Waals surface area contributed by atoms with Crippen molar-refractivity contribution in [2.24, 2.45) is 5.92 Å². The SMILES string of the molecule is CC(C)Cn1cc(C=O)c(C2CCS(=O)(=O)CC2)n1. The van der Waals surface area contributed by atoms with Crippen LogP contribution in [0.25, 0.3) is 0 Å². The lowest BCUT2D eigenvalue weighted by Crippen LogP contribution is -2.23. The minimum atomic E-state index is -2.88. The number of rotatable bonds is 4. The van der Waals surface area contributed by atoms with Gasteiger partial charge in [-0.15, -0.1) is 0 Å². The van der Waals surface area contributed by atoms with Crippen LogP contribution in [0.15, 0.2) is 6.20 Å². The maximum atomic E-state index is 11.4. The van der Waals surface area contributed by atoms with Crippen molar-refractivity contribution in [3.05, 3.63) is 17.5 Å². The van der Waals surface area contributed by atoms with Gasteiger partial charge in [-0.3, -0.25) is 9.48 Å². The van der Waals surface area contributed by atoms with E-state index in [1.165, 1.54) is 0 Å². The van der Waals surface area contributed by atoms with Crippen molar-refractivity contribution in [3.8, 4) is 0 Å². The molecule has 0 atom stereocenters. The third-order valence-electron chi connectivity index (χ3n) is 3.44. The molecule has 1 saturated heterocycles. The van der Waals surface area contributed by atoms with Crippen LogP contribution >= 0.6 is 0 Å². The van der Waals surface area contributed by atoms with E-state index in [1.807, 2.05) is 0 Å². The van der Waals surface area contributed by atoms with E-state index in [0.717, 1.165) is 18.5 Å².